The molecule has 2 aromatic rings. The third kappa shape index (κ3) is 5.08. The molecule has 2 aromatic heterocycles. The zero-order valence-electron chi connectivity index (χ0n) is 17.8. The van der Waals surface area contributed by atoms with E-state index in [0.29, 0.717) is 38.2 Å². The number of aliphatic hydroxyl groups is 1. The minimum absolute atomic E-state index is 0.00169. The summed E-state index contributed by atoms with van der Waals surface area (Å²) in [6.07, 6.45) is 6.56. The van der Waals surface area contributed by atoms with Gasteiger partial charge in [-0.2, -0.15) is 0 Å². The van der Waals surface area contributed by atoms with Gasteiger partial charge >= 0.3 is 0 Å². The van der Waals surface area contributed by atoms with Crippen LogP contribution in [-0.2, 0) is 11.3 Å². The van der Waals surface area contributed by atoms with Crippen LogP contribution in [0.5, 0.6) is 0 Å². The number of carbonyl (C=O) groups excluding carboxylic acids is 2. The first kappa shape index (κ1) is 21.4. The van der Waals surface area contributed by atoms with E-state index in [2.05, 4.69) is 20.2 Å². The lowest BCUT2D eigenvalue weighted by Gasteiger charge is -2.38. The van der Waals surface area contributed by atoms with Crippen LogP contribution >= 0.6 is 0 Å². The van der Waals surface area contributed by atoms with Crippen LogP contribution in [0, 0.1) is 6.92 Å². The molecule has 2 aliphatic rings. The first-order valence-electron chi connectivity index (χ1n) is 10.8. The number of β-amino-alcohol motifs (C(OH)–C–C–N with tert-alkyl or cyclic N) is 1. The Kier molecular flexibility index (Phi) is 6.58. The van der Waals surface area contributed by atoms with Crippen molar-refractivity contribution >= 4 is 11.8 Å². The van der Waals surface area contributed by atoms with E-state index in [9.17, 15) is 14.7 Å². The number of rotatable bonds is 5. The molecule has 2 amide bonds. The topological polar surface area (TPSA) is 98.7 Å². The number of amides is 2. The summed E-state index contributed by atoms with van der Waals surface area (Å²) in [5.74, 6) is -0.0668. The molecule has 4 rings (SSSR count). The zero-order valence-corrected chi connectivity index (χ0v) is 17.8. The Morgan fingerprint density at radius 2 is 2.00 bits per heavy atom. The number of hydrogen-bond donors (Lipinski definition) is 2. The Morgan fingerprint density at radius 1 is 1.19 bits per heavy atom. The number of aryl methyl sites for hydroxylation is 1. The number of likely N-dealkylation sites (tertiary alicyclic amines) is 2. The highest BCUT2D eigenvalue weighted by atomic mass is 16.3. The molecule has 0 radical (unpaired) electrons. The van der Waals surface area contributed by atoms with Crippen LogP contribution in [0.1, 0.15) is 40.9 Å². The molecule has 164 valence electrons. The van der Waals surface area contributed by atoms with Crippen molar-refractivity contribution in [3.05, 3.63) is 59.7 Å². The van der Waals surface area contributed by atoms with E-state index in [1.165, 1.54) is 0 Å². The molecule has 2 N–H and O–H groups in total. The number of pyridine rings is 2. The zero-order chi connectivity index (χ0) is 21.8. The van der Waals surface area contributed by atoms with E-state index >= 15 is 0 Å². The van der Waals surface area contributed by atoms with Crippen molar-refractivity contribution in [2.24, 2.45) is 0 Å². The highest BCUT2D eigenvalue weighted by Gasteiger charge is 2.41. The van der Waals surface area contributed by atoms with Gasteiger partial charge in [0.25, 0.3) is 5.91 Å². The summed E-state index contributed by atoms with van der Waals surface area (Å²) in [4.78, 5) is 37.9. The van der Waals surface area contributed by atoms with Crippen molar-refractivity contribution < 1.29 is 14.7 Å². The summed E-state index contributed by atoms with van der Waals surface area (Å²) >= 11 is 0. The maximum atomic E-state index is 12.8. The quantitative estimate of drug-likeness (QED) is 0.748. The Hall–Kier alpha value is -2.84. The normalized spacial score (nSPS) is 22.5. The van der Waals surface area contributed by atoms with Gasteiger partial charge in [-0.05, 0) is 49.9 Å². The minimum atomic E-state index is -0.507. The van der Waals surface area contributed by atoms with E-state index in [4.69, 9.17) is 0 Å². The summed E-state index contributed by atoms with van der Waals surface area (Å²) < 4.78 is 0. The lowest BCUT2D eigenvalue weighted by molar-refractivity contribution is -0.126. The number of nitrogens with zero attached hydrogens (tertiary/aromatic N) is 4. The molecule has 4 heterocycles. The standard InChI is InChI=1S/C23H29N5O3/c1-16-4-5-18(14-25-16)23(31)27-9-6-19(7-10-27)28-15-20(29)11-21(28)22(30)26-13-17-3-2-8-24-12-17/h2-5,8,12,14,19-21,29H,6-7,9-11,13,15H2,1H3,(H,26,30)/t20-,21+/m1/s1. The average Bonchev–Trinajstić information content (AvgIpc) is 3.20. The van der Waals surface area contributed by atoms with E-state index in [1.54, 1.807) is 18.6 Å². The molecule has 0 bridgehead atoms. The Bertz CT molecular complexity index is 897. The van der Waals surface area contributed by atoms with E-state index in [0.717, 1.165) is 24.1 Å². The van der Waals surface area contributed by atoms with Crippen LogP contribution < -0.4 is 5.32 Å². The number of piperidine rings is 1. The Balaban J connectivity index is 1.33. The second-order valence-corrected chi connectivity index (χ2v) is 8.39. The first-order valence-corrected chi connectivity index (χ1v) is 10.8. The molecule has 8 nitrogen and oxygen atoms in total. The maximum Gasteiger partial charge on any atom is 0.255 e. The molecule has 2 fully saturated rings. The second kappa shape index (κ2) is 9.53. The van der Waals surface area contributed by atoms with Gasteiger partial charge in [-0.1, -0.05) is 6.07 Å². The first-order chi connectivity index (χ1) is 15.0. The number of hydrogen-bond acceptors (Lipinski definition) is 6. The largest absolute Gasteiger partial charge is 0.392 e. The maximum absolute atomic E-state index is 12.8. The summed E-state index contributed by atoms with van der Waals surface area (Å²) in [5, 5.41) is 13.2. The van der Waals surface area contributed by atoms with Crippen LogP contribution in [0.4, 0.5) is 0 Å². The van der Waals surface area contributed by atoms with Gasteiger partial charge < -0.3 is 15.3 Å². The molecule has 2 aliphatic heterocycles. The summed E-state index contributed by atoms with van der Waals surface area (Å²) in [6, 6.07) is 7.25. The minimum Gasteiger partial charge on any atom is -0.392 e. The predicted octanol–water partition coefficient (Wildman–Crippen LogP) is 1.14. The van der Waals surface area contributed by atoms with Crippen molar-refractivity contribution in [2.75, 3.05) is 19.6 Å². The lowest BCUT2D eigenvalue weighted by atomic mass is 10.0. The fraction of sp³-hybridized carbons (Fsp3) is 0.478. The van der Waals surface area contributed by atoms with Gasteiger partial charge in [-0.15, -0.1) is 0 Å². The van der Waals surface area contributed by atoms with E-state index in [-0.39, 0.29) is 23.9 Å². The molecule has 0 unspecified atom stereocenters. The monoisotopic (exact) mass is 423 g/mol. The summed E-state index contributed by atoms with van der Waals surface area (Å²) in [5.41, 5.74) is 2.43. The van der Waals surface area contributed by atoms with Crippen LogP contribution in [0.15, 0.2) is 42.9 Å². The smallest absolute Gasteiger partial charge is 0.255 e. The average molecular weight is 424 g/mol. The van der Waals surface area contributed by atoms with Crippen molar-refractivity contribution in [3.63, 3.8) is 0 Å². The highest BCUT2D eigenvalue weighted by Crippen LogP contribution is 2.27. The van der Waals surface area contributed by atoms with Gasteiger partial charge in [0.15, 0.2) is 0 Å². The van der Waals surface area contributed by atoms with Crippen molar-refractivity contribution in [3.8, 4) is 0 Å². The van der Waals surface area contributed by atoms with E-state index in [1.807, 2.05) is 36.1 Å². The number of aliphatic hydroxyl groups excluding tert-OH is 1. The molecule has 2 atom stereocenters. The third-order valence-corrected chi connectivity index (χ3v) is 6.19. The van der Waals surface area contributed by atoms with Gasteiger partial charge in [0.2, 0.25) is 5.91 Å². The van der Waals surface area contributed by atoms with Crippen molar-refractivity contribution in [1.82, 2.24) is 25.1 Å². The predicted molar refractivity (Wildman–Crippen MR) is 115 cm³/mol. The fourth-order valence-corrected chi connectivity index (χ4v) is 4.49. The molecule has 2 saturated heterocycles. The SMILES string of the molecule is Cc1ccc(C(=O)N2CCC(N3C[C@H](O)C[C@H]3C(=O)NCc3cccnc3)CC2)cn1. The second-order valence-electron chi connectivity index (χ2n) is 8.39. The molecule has 0 spiro atoms. The van der Waals surface area contributed by atoms with Crippen molar-refractivity contribution in [2.45, 2.75) is 50.9 Å². The molecule has 0 aromatic carbocycles. The third-order valence-electron chi connectivity index (χ3n) is 6.19. The Labute approximate surface area is 182 Å². The Morgan fingerprint density at radius 3 is 2.68 bits per heavy atom. The molecule has 8 heteroatoms. The summed E-state index contributed by atoms with van der Waals surface area (Å²) in [6.45, 7) is 4.08. The number of nitrogens with one attached hydrogen (secondary N) is 1. The van der Waals surface area contributed by atoms with Crippen molar-refractivity contribution in [1.29, 1.82) is 0 Å². The van der Waals surface area contributed by atoms with Gasteiger partial charge in [-0.25, -0.2) is 0 Å². The van der Waals surface area contributed by atoms with Crippen LogP contribution in [-0.4, -0.2) is 74.5 Å². The number of carbonyl (C=O) groups is 2. The number of aromatic nitrogens is 2. The molecule has 0 aliphatic carbocycles. The highest BCUT2D eigenvalue weighted by molar-refractivity contribution is 5.94. The van der Waals surface area contributed by atoms with Crippen LogP contribution in [0.3, 0.4) is 0 Å². The molecular formula is C23H29N5O3. The van der Waals surface area contributed by atoms with Gasteiger partial charge in [0.1, 0.15) is 0 Å². The van der Waals surface area contributed by atoms with E-state index < -0.39 is 6.10 Å². The molecular weight excluding hydrogens is 394 g/mol. The lowest BCUT2D eigenvalue weighted by Crippen LogP contribution is -2.52. The van der Waals surface area contributed by atoms with Crippen LogP contribution in [0.2, 0.25) is 0 Å². The van der Waals surface area contributed by atoms with Crippen LogP contribution in [0.25, 0.3) is 0 Å². The van der Waals surface area contributed by atoms with Gasteiger partial charge in [-0.3, -0.25) is 24.5 Å². The van der Waals surface area contributed by atoms with Gasteiger partial charge in [0, 0.05) is 56.5 Å². The van der Waals surface area contributed by atoms with Gasteiger partial charge in [0.05, 0.1) is 17.7 Å². The summed E-state index contributed by atoms with van der Waals surface area (Å²) in [7, 11) is 0. The molecule has 0 saturated carbocycles. The fourth-order valence-electron chi connectivity index (χ4n) is 4.49. The molecule has 31 heavy (non-hydrogen) atoms.